The van der Waals surface area contributed by atoms with Crippen molar-refractivity contribution >= 4 is 5.91 Å². The zero-order valence-corrected chi connectivity index (χ0v) is 12.2. The number of nitrogens with one attached hydrogen (secondary N) is 1. The Morgan fingerprint density at radius 2 is 1.76 bits per heavy atom. The molecule has 0 bridgehead atoms. The van der Waals surface area contributed by atoms with Crippen LogP contribution in [-0.2, 0) is 4.79 Å². The van der Waals surface area contributed by atoms with E-state index in [1.807, 2.05) is 0 Å². The average Bonchev–Trinajstić information content (AvgIpc) is 2.32. The fourth-order valence-electron chi connectivity index (χ4n) is 1.94. The molecule has 1 amide bonds. The van der Waals surface area contributed by atoms with E-state index < -0.39 is 0 Å². The Morgan fingerprint density at radius 1 is 1.24 bits per heavy atom. The van der Waals surface area contributed by atoms with E-state index in [1.165, 1.54) is 0 Å². The zero-order valence-electron chi connectivity index (χ0n) is 12.2. The lowest BCUT2D eigenvalue weighted by atomic mass is 9.89. The van der Waals surface area contributed by atoms with Crippen molar-refractivity contribution in [2.24, 2.45) is 17.6 Å². The fourth-order valence-corrected chi connectivity index (χ4v) is 1.94. The minimum Gasteiger partial charge on any atom is -0.354 e. The number of carbonyl (C=O) groups is 1. The van der Waals surface area contributed by atoms with Crippen LogP contribution in [0, 0.1) is 11.8 Å². The minimum atomic E-state index is -0.241. The van der Waals surface area contributed by atoms with Crippen LogP contribution in [-0.4, -0.2) is 18.0 Å². The van der Waals surface area contributed by atoms with Gasteiger partial charge in [-0.1, -0.05) is 41.0 Å². The van der Waals surface area contributed by atoms with Gasteiger partial charge in [0.25, 0.3) is 0 Å². The van der Waals surface area contributed by atoms with Gasteiger partial charge < -0.3 is 11.1 Å². The van der Waals surface area contributed by atoms with Crippen LogP contribution in [0.4, 0.5) is 0 Å². The molecule has 0 radical (unpaired) electrons. The van der Waals surface area contributed by atoms with Crippen molar-refractivity contribution < 1.29 is 4.79 Å². The number of hydrogen-bond acceptors (Lipinski definition) is 2. The van der Waals surface area contributed by atoms with Crippen LogP contribution in [0.1, 0.15) is 60.3 Å². The summed E-state index contributed by atoms with van der Waals surface area (Å²) in [6, 6.07) is 0. The van der Waals surface area contributed by atoms with Gasteiger partial charge in [-0.25, -0.2) is 0 Å². The molecule has 0 saturated carbocycles. The number of rotatable bonds is 8. The maximum absolute atomic E-state index is 11.8. The highest BCUT2D eigenvalue weighted by Crippen LogP contribution is 2.18. The van der Waals surface area contributed by atoms with Crippen molar-refractivity contribution in [2.45, 2.75) is 65.8 Å². The maximum atomic E-state index is 11.8. The Hall–Kier alpha value is -0.570. The Labute approximate surface area is 107 Å². The first kappa shape index (κ1) is 16.4. The fraction of sp³-hybridized carbons (Fsp3) is 0.929. The molecule has 0 aliphatic carbocycles. The van der Waals surface area contributed by atoms with Crippen LogP contribution in [0.15, 0.2) is 0 Å². The third-order valence-corrected chi connectivity index (χ3v) is 3.96. The van der Waals surface area contributed by atoms with Crippen molar-refractivity contribution in [1.82, 2.24) is 5.32 Å². The number of hydrogen-bond donors (Lipinski definition) is 2. The quantitative estimate of drug-likeness (QED) is 0.687. The van der Waals surface area contributed by atoms with E-state index in [0.29, 0.717) is 24.8 Å². The molecule has 3 N–H and O–H groups in total. The molecule has 0 aromatic heterocycles. The van der Waals surface area contributed by atoms with Crippen molar-refractivity contribution in [2.75, 3.05) is 6.54 Å². The summed E-state index contributed by atoms with van der Waals surface area (Å²) >= 11 is 0. The zero-order chi connectivity index (χ0) is 13.5. The first-order valence-electron chi connectivity index (χ1n) is 6.94. The van der Waals surface area contributed by atoms with Crippen LogP contribution in [0.5, 0.6) is 0 Å². The smallest absolute Gasteiger partial charge is 0.220 e. The molecule has 0 spiro atoms. The first-order valence-corrected chi connectivity index (χ1v) is 6.94. The molecule has 0 fully saturated rings. The molecular weight excluding hydrogens is 212 g/mol. The average molecular weight is 242 g/mol. The van der Waals surface area contributed by atoms with Crippen LogP contribution in [0.25, 0.3) is 0 Å². The predicted molar refractivity (Wildman–Crippen MR) is 73.7 cm³/mol. The van der Waals surface area contributed by atoms with E-state index in [2.05, 4.69) is 39.9 Å². The molecule has 1 unspecified atom stereocenters. The Kier molecular flexibility index (Phi) is 7.44. The van der Waals surface area contributed by atoms with Gasteiger partial charge in [-0.15, -0.1) is 0 Å². The second kappa shape index (κ2) is 7.70. The van der Waals surface area contributed by atoms with E-state index in [4.69, 9.17) is 5.73 Å². The van der Waals surface area contributed by atoms with Gasteiger partial charge in [0, 0.05) is 18.5 Å². The largest absolute Gasteiger partial charge is 0.354 e. The Balaban J connectivity index is 4.10. The third-order valence-electron chi connectivity index (χ3n) is 3.96. The standard InChI is InChI=1S/C14H30N2O/c1-6-12(11(4)5)9-13(17)16-10-14(15,7-2)8-3/h11-12H,6-10,15H2,1-5H3,(H,16,17). The van der Waals surface area contributed by atoms with Crippen LogP contribution in [0.2, 0.25) is 0 Å². The topological polar surface area (TPSA) is 55.1 Å². The van der Waals surface area contributed by atoms with Crippen LogP contribution >= 0.6 is 0 Å². The van der Waals surface area contributed by atoms with Crippen LogP contribution < -0.4 is 11.1 Å². The van der Waals surface area contributed by atoms with E-state index in [-0.39, 0.29) is 11.4 Å². The molecule has 0 saturated heterocycles. The van der Waals surface area contributed by atoms with Gasteiger partial charge in [0.05, 0.1) is 0 Å². The third kappa shape index (κ3) is 6.06. The summed E-state index contributed by atoms with van der Waals surface area (Å²) < 4.78 is 0. The maximum Gasteiger partial charge on any atom is 0.220 e. The van der Waals surface area contributed by atoms with Crippen molar-refractivity contribution in [1.29, 1.82) is 0 Å². The van der Waals surface area contributed by atoms with E-state index >= 15 is 0 Å². The van der Waals surface area contributed by atoms with Crippen molar-refractivity contribution in [3.8, 4) is 0 Å². The van der Waals surface area contributed by atoms with Crippen molar-refractivity contribution in [3.05, 3.63) is 0 Å². The molecule has 0 aliphatic heterocycles. The molecule has 0 rings (SSSR count). The Morgan fingerprint density at radius 3 is 2.12 bits per heavy atom. The first-order chi connectivity index (χ1) is 7.88. The van der Waals surface area contributed by atoms with Gasteiger partial charge in [0.15, 0.2) is 0 Å². The predicted octanol–water partition coefficient (Wildman–Crippen LogP) is 2.69. The van der Waals surface area contributed by atoms with Gasteiger partial charge in [-0.05, 0) is 24.7 Å². The highest BCUT2D eigenvalue weighted by molar-refractivity contribution is 5.76. The van der Waals surface area contributed by atoms with Gasteiger partial charge in [-0.2, -0.15) is 0 Å². The molecule has 1 atom stereocenters. The summed E-state index contributed by atoms with van der Waals surface area (Å²) in [6.07, 6.45) is 3.47. The molecule has 0 aliphatic rings. The molecule has 102 valence electrons. The van der Waals surface area contributed by atoms with Crippen molar-refractivity contribution in [3.63, 3.8) is 0 Å². The molecule has 3 nitrogen and oxygen atoms in total. The lowest BCUT2D eigenvalue weighted by Crippen LogP contribution is -2.49. The highest BCUT2D eigenvalue weighted by atomic mass is 16.1. The number of carbonyl (C=O) groups excluding carboxylic acids is 1. The summed E-state index contributed by atoms with van der Waals surface area (Å²) in [5.41, 5.74) is 5.91. The second-order valence-corrected chi connectivity index (χ2v) is 5.46. The summed E-state index contributed by atoms with van der Waals surface area (Å²) in [6.45, 7) is 11.2. The molecule has 17 heavy (non-hydrogen) atoms. The summed E-state index contributed by atoms with van der Waals surface area (Å²) in [7, 11) is 0. The lowest BCUT2D eigenvalue weighted by Gasteiger charge is -2.27. The summed E-state index contributed by atoms with van der Waals surface area (Å²) in [5, 5.41) is 2.98. The highest BCUT2D eigenvalue weighted by Gasteiger charge is 2.22. The van der Waals surface area contributed by atoms with E-state index in [9.17, 15) is 4.79 Å². The molecular formula is C14H30N2O. The molecule has 0 heterocycles. The summed E-state index contributed by atoms with van der Waals surface area (Å²) in [4.78, 5) is 11.8. The van der Waals surface area contributed by atoms with Gasteiger partial charge in [-0.3, -0.25) is 4.79 Å². The molecule has 3 heteroatoms. The normalized spacial score (nSPS) is 13.8. The van der Waals surface area contributed by atoms with Gasteiger partial charge >= 0.3 is 0 Å². The Bertz CT molecular complexity index is 222. The SMILES string of the molecule is CCC(CC(=O)NCC(N)(CC)CC)C(C)C. The van der Waals surface area contributed by atoms with Crippen LogP contribution in [0.3, 0.4) is 0 Å². The van der Waals surface area contributed by atoms with E-state index in [1.54, 1.807) is 0 Å². The monoisotopic (exact) mass is 242 g/mol. The number of amides is 1. The lowest BCUT2D eigenvalue weighted by molar-refractivity contribution is -0.122. The number of nitrogens with two attached hydrogens (primary N) is 1. The minimum absolute atomic E-state index is 0.141. The van der Waals surface area contributed by atoms with Gasteiger partial charge in [0.1, 0.15) is 0 Å². The van der Waals surface area contributed by atoms with Gasteiger partial charge in [0.2, 0.25) is 5.91 Å². The molecule has 0 aromatic rings. The summed E-state index contributed by atoms with van der Waals surface area (Å²) in [5.74, 6) is 1.18. The molecule has 0 aromatic carbocycles. The van der Waals surface area contributed by atoms with E-state index in [0.717, 1.165) is 19.3 Å². The second-order valence-electron chi connectivity index (χ2n) is 5.46.